The van der Waals surface area contributed by atoms with E-state index in [1.807, 2.05) is 24.3 Å². The van der Waals surface area contributed by atoms with Gasteiger partial charge in [-0.1, -0.05) is 6.92 Å². The van der Waals surface area contributed by atoms with E-state index in [1.54, 1.807) is 18.9 Å². The van der Waals surface area contributed by atoms with Crippen molar-refractivity contribution in [2.75, 3.05) is 51.2 Å². The number of likely N-dealkylation sites (N-methyl/N-ethyl adjacent to an activating group) is 1. The molecule has 5 heteroatoms. The van der Waals surface area contributed by atoms with Gasteiger partial charge in [0.05, 0.1) is 6.10 Å². The van der Waals surface area contributed by atoms with Gasteiger partial charge in [0, 0.05) is 51.0 Å². The van der Waals surface area contributed by atoms with Crippen LogP contribution in [0.15, 0.2) is 24.3 Å². The maximum absolute atomic E-state index is 12.4. The van der Waals surface area contributed by atoms with Crippen LogP contribution in [0.1, 0.15) is 30.6 Å². The molecule has 2 rings (SSSR count). The minimum atomic E-state index is -0.380. The second-order valence-electron chi connectivity index (χ2n) is 6.33. The average molecular weight is 319 g/mol. The van der Waals surface area contributed by atoms with E-state index in [9.17, 15) is 9.90 Å². The van der Waals surface area contributed by atoms with Gasteiger partial charge in [-0.3, -0.25) is 4.79 Å². The molecule has 1 saturated heterocycles. The highest BCUT2D eigenvalue weighted by Crippen LogP contribution is 2.18. The first kappa shape index (κ1) is 17.8. The fourth-order valence-electron chi connectivity index (χ4n) is 2.84. The molecule has 128 valence electrons. The molecular formula is C18H29N3O2. The number of benzene rings is 1. The van der Waals surface area contributed by atoms with Crippen molar-refractivity contribution in [2.24, 2.45) is 0 Å². The Bertz CT molecular complexity index is 493. The van der Waals surface area contributed by atoms with Gasteiger partial charge in [-0.2, -0.15) is 0 Å². The maximum Gasteiger partial charge on any atom is 0.253 e. The van der Waals surface area contributed by atoms with Gasteiger partial charge in [0.25, 0.3) is 5.91 Å². The molecule has 1 aliphatic rings. The molecule has 1 N–H and O–H groups in total. The summed E-state index contributed by atoms with van der Waals surface area (Å²) in [5, 5.41) is 9.32. The van der Waals surface area contributed by atoms with Crippen LogP contribution in [0.5, 0.6) is 0 Å². The second-order valence-corrected chi connectivity index (χ2v) is 6.33. The Hall–Kier alpha value is -1.59. The molecule has 0 aromatic heterocycles. The Balaban J connectivity index is 1.92. The quantitative estimate of drug-likeness (QED) is 0.866. The van der Waals surface area contributed by atoms with E-state index in [0.717, 1.165) is 32.7 Å². The average Bonchev–Trinajstić information content (AvgIpc) is 2.59. The molecule has 23 heavy (non-hydrogen) atoms. The van der Waals surface area contributed by atoms with Crippen LogP contribution in [0.3, 0.4) is 0 Å². The van der Waals surface area contributed by atoms with E-state index < -0.39 is 0 Å². The number of aliphatic hydroxyl groups is 1. The molecule has 1 atom stereocenters. The van der Waals surface area contributed by atoms with Gasteiger partial charge in [-0.15, -0.1) is 0 Å². The summed E-state index contributed by atoms with van der Waals surface area (Å²) in [6.07, 6.45) is 0.219. The molecule has 1 aliphatic heterocycles. The smallest absolute Gasteiger partial charge is 0.253 e. The molecule has 1 amide bonds. The predicted molar refractivity (Wildman–Crippen MR) is 94.0 cm³/mol. The lowest BCUT2D eigenvalue weighted by atomic mass is 10.1. The molecule has 0 bridgehead atoms. The van der Waals surface area contributed by atoms with Gasteiger partial charge in [0.2, 0.25) is 0 Å². The summed E-state index contributed by atoms with van der Waals surface area (Å²) in [6, 6.07) is 7.89. The van der Waals surface area contributed by atoms with Gasteiger partial charge >= 0.3 is 0 Å². The third-order valence-electron chi connectivity index (χ3n) is 4.53. The molecule has 0 radical (unpaired) electrons. The van der Waals surface area contributed by atoms with Crippen molar-refractivity contribution in [1.82, 2.24) is 9.80 Å². The molecular weight excluding hydrogens is 290 g/mol. The lowest BCUT2D eigenvalue weighted by molar-refractivity contribution is 0.0769. The minimum absolute atomic E-state index is 0.00741. The van der Waals surface area contributed by atoms with Crippen LogP contribution in [-0.2, 0) is 0 Å². The maximum atomic E-state index is 12.4. The Morgan fingerprint density at radius 1 is 1.22 bits per heavy atom. The van der Waals surface area contributed by atoms with E-state index in [-0.39, 0.29) is 12.0 Å². The number of carbonyl (C=O) groups excluding carboxylic acids is 1. The van der Waals surface area contributed by atoms with Crippen LogP contribution in [-0.4, -0.2) is 73.2 Å². The summed E-state index contributed by atoms with van der Waals surface area (Å²) in [7, 11) is 1.78. The van der Waals surface area contributed by atoms with E-state index in [4.69, 9.17) is 0 Å². The van der Waals surface area contributed by atoms with E-state index in [0.29, 0.717) is 18.5 Å². The summed E-state index contributed by atoms with van der Waals surface area (Å²) >= 11 is 0. The van der Waals surface area contributed by atoms with Gasteiger partial charge < -0.3 is 19.8 Å². The topological polar surface area (TPSA) is 47.0 Å². The zero-order valence-electron chi connectivity index (χ0n) is 14.5. The number of aliphatic hydroxyl groups excluding tert-OH is 1. The number of piperazine rings is 1. The molecule has 1 aromatic rings. The summed E-state index contributed by atoms with van der Waals surface area (Å²) in [5.41, 5.74) is 1.89. The third kappa shape index (κ3) is 4.94. The Kier molecular flexibility index (Phi) is 6.42. The standard InChI is InChI=1S/C18H29N3O2/c1-4-20-11-13-21(14-12-20)17-7-5-16(6-8-17)18(23)19(3)10-9-15(2)22/h5-8,15,22H,4,9-14H2,1-3H3. The first-order valence-electron chi connectivity index (χ1n) is 8.52. The molecule has 1 heterocycles. The highest BCUT2D eigenvalue weighted by Gasteiger charge is 2.17. The van der Waals surface area contributed by atoms with Crippen LogP contribution >= 0.6 is 0 Å². The first-order valence-corrected chi connectivity index (χ1v) is 8.52. The van der Waals surface area contributed by atoms with Gasteiger partial charge in [0.1, 0.15) is 0 Å². The fourth-order valence-corrected chi connectivity index (χ4v) is 2.84. The monoisotopic (exact) mass is 319 g/mol. The third-order valence-corrected chi connectivity index (χ3v) is 4.53. The zero-order valence-corrected chi connectivity index (χ0v) is 14.5. The number of amides is 1. The molecule has 0 saturated carbocycles. The van der Waals surface area contributed by atoms with E-state index in [2.05, 4.69) is 16.7 Å². The summed E-state index contributed by atoms with van der Waals surface area (Å²) in [5.74, 6) is 0.00741. The van der Waals surface area contributed by atoms with Crippen molar-refractivity contribution in [2.45, 2.75) is 26.4 Å². The normalized spacial score (nSPS) is 17.1. The lowest BCUT2D eigenvalue weighted by Crippen LogP contribution is -2.46. The van der Waals surface area contributed by atoms with Crippen LogP contribution < -0.4 is 4.90 Å². The van der Waals surface area contributed by atoms with E-state index >= 15 is 0 Å². The van der Waals surface area contributed by atoms with Crippen molar-refractivity contribution in [3.8, 4) is 0 Å². The Morgan fingerprint density at radius 2 is 1.83 bits per heavy atom. The van der Waals surface area contributed by atoms with Crippen molar-refractivity contribution >= 4 is 11.6 Å². The number of rotatable bonds is 6. The van der Waals surface area contributed by atoms with Crippen LogP contribution in [0.4, 0.5) is 5.69 Å². The van der Waals surface area contributed by atoms with Crippen molar-refractivity contribution in [1.29, 1.82) is 0 Å². The van der Waals surface area contributed by atoms with Crippen LogP contribution in [0.2, 0.25) is 0 Å². The number of hydrogen-bond donors (Lipinski definition) is 1. The summed E-state index contributed by atoms with van der Waals surface area (Å²) in [6.45, 7) is 9.89. The zero-order chi connectivity index (χ0) is 16.8. The molecule has 0 aliphatic carbocycles. The second kappa shape index (κ2) is 8.31. The number of nitrogens with zero attached hydrogens (tertiary/aromatic N) is 3. The predicted octanol–water partition coefficient (Wildman–Crippen LogP) is 1.67. The minimum Gasteiger partial charge on any atom is -0.393 e. The van der Waals surface area contributed by atoms with Crippen molar-refractivity contribution in [3.63, 3.8) is 0 Å². The molecule has 0 spiro atoms. The Labute approximate surface area is 139 Å². The SMILES string of the molecule is CCN1CCN(c2ccc(C(=O)N(C)CCC(C)O)cc2)CC1. The number of anilines is 1. The van der Waals surface area contributed by atoms with Crippen LogP contribution in [0.25, 0.3) is 0 Å². The molecule has 1 aromatic carbocycles. The lowest BCUT2D eigenvalue weighted by Gasteiger charge is -2.35. The van der Waals surface area contributed by atoms with Crippen LogP contribution in [0, 0.1) is 0 Å². The van der Waals surface area contributed by atoms with Gasteiger partial charge in [0.15, 0.2) is 0 Å². The number of carbonyl (C=O) groups is 1. The fraction of sp³-hybridized carbons (Fsp3) is 0.611. The summed E-state index contributed by atoms with van der Waals surface area (Å²) in [4.78, 5) is 18.8. The summed E-state index contributed by atoms with van der Waals surface area (Å²) < 4.78 is 0. The molecule has 1 unspecified atom stereocenters. The van der Waals surface area contributed by atoms with Gasteiger partial charge in [-0.05, 0) is 44.2 Å². The van der Waals surface area contributed by atoms with Gasteiger partial charge in [-0.25, -0.2) is 0 Å². The van der Waals surface area contributed by atoms with E-state index in [1.165, 1.54) is 5.69 Å². The van der Waals surface area contributed by atoms with Crippen molar-refractivity contribution < 1.29 is 9.90 Å². The highest BCUT2D eigenvalue weighted by atomic mass is 16.3. The Morgan fingerprint density at radius 3 is 2.35 bits per heavy atom. The highest BCUT2D eigenvalue weighted by molar-refractivity contribution is 5.94. The first-order chi connectivity index (χ1) is 11.0. The number of hydrogen-bond acceptors (Lipinski definition) is 4. The molecule has 1 fully saturated rings. The molecule has 5 nitrogen and oxygen atoms in total. The largest absolute Gasteiger partial charge is 0.393 e. The van der Waals surface area contributed by atoms with Crippen molar-refractivity contribution in [3.05, 3.63) is 29.8 Å².